The molecule has 2 rings (SSSR count). The van der Waals surface area contributed by atoms with E-state index in [1.54, 1.807) is 12.1 Å². The van der Waals surface area contributed by atoms with Crippen LogP contribution >= 0.6 is 0 Å². The Bertz CT molecular complexity index is 705. The van der Waals surface area contributed by atoms with Gasteiger partial charge in [-0.1, -0.05) is 26.0 Å². The molecule has 2 aromatic rings. The lowest BCUT2D eigenvalue weighted by molar-refractivity contribution is 0.182. The van der Waals surface area contributed by atoms with Crippen molar-refractivity contribution in [2.45, 2.75) is 26.7 Å². The van der Waals surface area contributed by atoms with Crippen LogP contribution in [0.1, 0.15) is 25.0 Å². The molecule has 7 nitrogen and oxygen atoms in total. The largest absolute Gasteiger partial charge is 0.504 e. The molecule has 0 aliphatic carbocycles. The fourth-order valence-corrected chi connectivity index (χ4v) is 2.54. The number of hydrogen-bond donors (Lipinski definition) is 5. The van der Waals surface area contributed by atoms with E-state index in [0.717, 1.165) is 24.0 Å². The van der Waals surface area contributed by atoms with Gasteiger partial charge in [0.1, 0.15) is 0 Å². The number of hydrogen-bond acceptors (Lipinski definition) is 6. The van der Waals surface area contributed by atoms with Crippen LogP contribution in [0.5, 0.6) is 23.0 Å². The molecule has 2 atom stereocenters. The van der Waals surface area contributed by atoms with Crippen molar-refractivity contribution in [3.8, 4) is 23.0 Å². The molecule has 0 aromatic heterocycles. The lowest BCUT2D eigenvalue weighted by atomic mass is 9.85. The van der Waals surface area contributed by atoms with Gasteiger partial charge in [0.25, 0.3) is 0 Å². The van der Waals surface area contributed by atoms with Gasteiger partial charge in [-0.3, -0.25) is 0 Å². The minimum Gasteiger partial charge on any atom is -0.504 e. The summed E-state index contributed by atoms with van der Waals surface area (Å²) in [7, 11) is 1.22. The molecule has 0 saturated carbocycles. The number of ether oxygens (including phenoxy) is 1. The van der Waals surface area contributed by atoms with Crippen molar-refractivity contribution in [3.63, 3.8) is 0 Å². The lowest BCUT2D eigenvalue weighted by Crippen LogP contribution is -2.13. The van der Waals surface area contributed by atoms with E-state index in [1.165, 1.54) is 19.2 Å². The van der Waals surface area contributed by atoms with Crippen LogP contribution in [0.2, 0.25) is 0 Å². The number of primary amides is 1. The second-order valence-electron chi connectivity index (χ2n) is 6.53. The summed E-state index contributed by atoms with van der Waals surface area (Å²) in [4.78, 5) is 9.37. The van der Waals surface area contributed by atoms with Gasteiger partial charge >= 0.3 is 6.09 Å². The van der Waals surface area contributed by atoms with Crippen molar-refractivity contribution in [2.75, 3.05) is 7.11 Å². The summed E-state index contributed by atoms with van der Waals surface area (Å²) in [5, 5.41) is 37.8. The third-order valence-corrected chi connectivity index (χ3v) is 4.37. The maximum absolute atomic E-state index is 9.54. The predicted molar refractivity (Wildman–Crippen MR) is 102 cm³/mol. The molecule has 6 N–H and O–H groups in total. The molecule has 0 aliphatic heterocycles. The van der Waals surface area contributed by atoms with Crippen molar-refractivity contribution >= 4 is 6.09 Å². The highest BCUT2D eigenvalue weighted by molar-refractivity contribution is 5.64. The van der Waals surface area contributed by atoms with Crippen LogP contribution in [-0.4, -0.2) is 33.6 Å². The van der Waals surface area contributed by atoms with Gasteiger partial charge < -0.3 is 30.9 Å². The topological polar surface area (TPSA) is 133 Å². The molecule has 2 aromatic carbocycles. The first-order valence-corrected chi connectivity index (χ1v) is 8.49. The Morgan fingerprint density at radius 2 is 1.19 bits per heavy atom. The minimum absolute atomic E-state index is 0.0965. The van der Waals surface area contributed by atoms with Crippen LogP contribution in [0, 0.1) is 11.8 Å². The Hall–Kier alpha value is -3.09. The molecule has 0 saturated heterocycles. The quantitative estimate of drug-likeness (QED) is 0.508. The van der Waals surface area contributed by atoms with E-state index in [9.17, 15) is 25.2 Å². The fourth-order valence-electron chi connectivity index (χ4n) is 2.54. The monoisotopic (exact) mass is 377 g/mol. The van der Waals surface area contributed by atoms with Crippen molar-refractivity contribution in [2.24, 2.45) is 17.6 Å². The van der Waals surface area contributed by atoms with Crippen LogP contribution in [0.3, 0.4) is 0 Å². The molecule has 0 fully saturated rings. The maximum Gasteiger partial charge on any atom is 0.404 e. The van der Waals surface area contributed by atoms with Crippen LogP contribution in [0.4, 0.5) is 4.79 Å². The first-order chi connectivity index (χ1) is 12.6. The SMILES string of the molecule is COC(N)=O.C[C@H](Cc1ccc(O)c(O)c1)[C@@H](C)Cc1ccc(O)c(O)c1. The average molecular weight is 377 g/mol. The molecule has 0 aliphatic rings. The summed E-state index contributed by atoms with van der Waals surface area (Å²) in [6.07, 6.45) is 0.836. The summed E-state index contributed by atoms with van der Waals surface area (Å²) in [6.45, 7) is 4.27. The van der Waals surface area contributed by atoms with E-state index in [2.05, 4.69) is 24.3 Å². The summed E-state index contributed by atoms with van der Waals surface area (Å²) in [5.74, 6) is 0.314. The molecule has 0 spiro atoms. The zero-order valence-electron chi connectivity index (χ0n) is 15.7. The number of phenols is 4. The third kappa shape index (κ3) is 7.35. The number of aromatic hydroxyl groups is 4. The van der Waals surface area contributed by atoms with Gasteiger partial charge in [-0.15, -0.1) is 0 Å². The second kappa shape index (κ2) is 10.2. The highest BCUT2D eigenvalue weighted by Crippen LogP contribution is 2.30. The lowest BCUT2D eigenvalue weighted by Gasteiger charge is -2.20. The normalized spacial score (nSPS) is 12.4. The third-order valence-electron chi connectivity index (χ3n) is 4.37. The summed E-state index contributed by atoms with van der Waals surface area (Å²) >= 11 is 0. The standard InChI is InChI=1S/C18H22O4.C2H5NO2/c1-11(7-13-3-5-15(19)17(21)9-13)12(2)8-14-4-6-16(20)18(22)10-14;1-5-2(3)4/h3-6,9-12,19-22H,7-8H2,1-2H3;1H3,(H2,3,4)/t11-,12+;. The first kappa shape index (κ1) is 22.0. The van der Waals surface area contributed by atoms with Crippen molar-refractivity contribution in [1.82, 2.24) is 0 Å². The maximum atomic E-state index is 9.54. The van der Waals surface area contributed by atoms with Crippen LogP contribution in [-0.2, 0) is 17.6 Å². The summed E-state index contributed by atoms with van der Waals surface area (Å²) < 4.78 is 3.89. The molecule has 27 heavy (non-hydrogen) atoms. The highest BCUT2D eigenvalue weighted by atomic mass is 16.5. The smallest absolute Gasteiger partial charge is 0.404 e. The van der Waals surface area contributed by atoms with Gasteiger partial charge in [-0.25, -0.2) is 4.79 Å². The number of nitrogens with two attached hydrogens (primary N) is 1. The molecular weight excluding hydrogens is 350 g/mol. The number of phenolic OH excluding ortho intramolecular Hbond substituents is 4. The van der Waals surface area contributed by atoms with Gasteiger partial charge in [0.15, 0.2) is 23.0 Å². The summed E-state index contributed by atoms with van der Waals surface area (Å²) in [6, 6.07) is 9.80. The van der Waals surface area contributed by atoms with Gasteiger partial charge in [0.2, 0.25) is 0 Å². The van der Waals surface area contributed by atoms with E-state index >= 15 is 0 Å². The molecule has 0 radical (unpaired) electrons. The summed E-state index contributed by atoms with van der Waals surface area (Å²) in [5.41, 5.74) is 6.38. The Labute approximate surface area is 158 Å². The fraction of sp³-hybridized carbons (Fsp3) is 0.350. The van der Waals surface area contributed by atoms with Crippen molar-refractivity contribution in [3.05, 3.63) is 47.5 Å². The highest BCUT2D eigenvalue weighted by Gasteiger charge is 2.15. The van der Waals surface area contributed by atoms with E-state index < -0.39 is 6.09 Å². The van der Waals surface area contributed by atoms with Crippen molar-refractivity contribution in [1.29, 1.82) is 0 Å². The molecule has 0 heterocycles. The number of carbonyl (C=O) groups is 1. The van der Waals surface area contributed by atoms with Gasteiger partial charge in [0, 0.05) is 0 Å². The first-order valence-electron chi connectivity index (χ1n) is 8.49. The zero-order valence-corrected chi connectivity index (χ0v) is 15.7. The molecule has 0 unspecified atom stereocenters. The van der Waals surface area contributed by atoms with Gasteiger partial charge in [-0.2, -0.15) is 0 Å². The number of rotatable bonds is 5. The Balaban J connectivity index is 0.000000646. The van der Waals surface area contributed by atoms with Crippen LogP contribution < -0.4 is 5.73 Å². The van der Waals surface area contributed by atoms with Crippen LogP contribution in [0.25, 0.3) is 0 Å². The Kier molecular flexibility index (Phi) is 8.26. The minimum atomic E-state index is -0.745. The Morgan fingerprint density at radius 1 is 0.852 bits per heavy atom. The van der Waals surface area contributed by atoms with E-state index in [1.807, 2.05) is 12.1 Å². The average Bonchev–Trinajstić information content (AvgIpc) is 2.61. The molecule has 7 heteroatoms. The van der Waals surface area contributed by atoms with E-state index in [4.69, 9.17) is 0 Å². The molecule has 148 valence electrons. The molecular formula is C20H27NO6. The number of carbonyl (C=O) groups excluding carboxylic acids is 1. The van der Waals surface area contributed by atoms with Gasteiger partial charge in [-0.05, 0) is 60.1 Å². The number of methoxy groups -OCH3 is 1. The van der Waals surface area contributed by atoms with E-state index in [0.29, 0.717) is 11.8 Å². The van der Waals surface area contributed by atoms with Gasteiger partial charge in [0.05, 0.1) is 7.11 Å². The number of amides is 1. The predicted octanol–water partition coefficient (Wildman–Crippen LogP) is 3.28. The number of benzene rings is 2. The van der Waals surface area contributed by atoms with E-state index in [-0.39, 0.29) is 23.0 Å². The van der Waals surface area contributed by atoms with Crippen molar-refractivity contribution < 1.29 is 30.0 Å². The second-order valence-corrected chi connectivity index (χ2v) is 6.53. The molecule has 0 bridgehead atoms. The molecule has 1 amide bonds. The zero-order chi connectivity index (χ0) is 20.6. The van der Waals surface area contributed by atoms with Crippen LogP contribution in [0.15, 0.2) is 36.4 Å². The Morgan fingerprint density at radius 3 is 1.44 bits per heavy atom.